The zero-order valence-corrected chi connectivity index (χ0v) is 16.3. The minimum atomic E-state index is -0.288. The Morgan fingerprint density at radius 1 is 1.21 bits per heavy atom. The van der Waals surface area contributed by atoms with E-state index in [2.05, 4.69) is 0 Å². The number of rotatable bonds is 5. The molecule has 0 bridgehead atoms. The van der Waals surface area contributed by atoms with Gasteiger partial charge in [0.05, 0.1) is 12.7 Å². The number of phenolic OH excluding ortho intramolecular Hbond substituents is 1. The molecular weight excluding hydrogens is 356 g/mol. The van der Waals surface area contributed by atoms with Crippen molar-refractivity contribution in [1.82, 2.24) is 9.80 Å². The van der Waals surface area contributed by atoms with Crippen molar-refractivity contribution in [3.05, 3.63) is 59.7 Å². The van der Waals surface area contributed by atoms with Gasteiger partial charge in [0.25, 0.3) is 5.91 Å². The lowest BCUT2D eigenvalue weighted by Crippen LogP contribution is -2.43. The first kappa shape index (κ1) is 19.7. The molecule has 1 heterocycles. The molecule has 0 saturated carbocycles. The molecule has 2 amide bonds. The lowest BCUT2D eigenvalue weighted by Gasteiger charge is -2.31. The Hall–Kier alpha value is -3.02. The van der Waals surface area contributed by atoms with Crippen molar-refractivity contribution >= 4 is 11.8 Å². The van der Waals surface area contributed by atoms with Crippen LogP contribution in [0.3, 0.4) is 0 Å². The van der Waals surface area contributed by atoms with E-state index in [9.17, 15) is 14.7 Å². The Kier molecular flexibility index (Phi) is 6.19. The van der Waals surface area contributed by atoms with Crippen LogP contribution in [0.5, 0.6) is 11.5 Å². The summed E-state index contributed by atoms with van der Waals surface area (Å²) in [6.45, 7) is 3.32. The standard InChI is InChI=1S/C22H26N2O4/c1-3-17-15-23(22(27)19-13-18(28-2)9-10-20(19)25)12-11-21(26)24(17)14-16-7-5-4-6-8-16/h4-10,13,17,25H,3,11-12,14-15H2,1-2H3/t17-/m1/s1. The first-order valence-corrected chi connectivity index (χ1v) is 9.53. The Morgan fingerprint density at radius 2 is 1.96 bits per heavy atom. The lowest BCUT2D eigenvalue weighted by molar-refractivity contribution is -0.133. The van der Waals surface area contributed by atoms with Crippen LogP contribution in [0, 0.1) is 0 Å². The minimum Gasteiger partial charge on any atom is -0.507 e. The van der Waals surface area contributed by atoms with Gasteiger partial charge >= 0.3 is 0 Å². The van der Waals surface area contributed by atoms with Crippen molar-refractivity contribution in [2.75, 3.05) is 20.2 Å². The van der Waals surface area contributed by atoms with Gasteiger partial charge in [0, 0.05) is 32.1 Å². The quantitative estimate of drug-likeness (QED) is 0.863. The van der Waals surface area contributed by atoms with E-state index in [1.807, 2.05) is 42.2 Å². The number of carbonyl (C=O) groups excluding carboxylic acids is 2. The molecule has 6 heteroatoms. The van der Waals surface area contributed by atoms with Crippen LogP contribution in [0.1, 0.15) is 35.7 Å². The average Bonchev–Trinajstić information content (AvgIpc) is 2.88. The maximum Gasteiger partial charge on any atom is 0.257 e. The maximum absolute atomic E-state index is 13.1. The van der Waals surface area contributed by atoms with Crippen LogP contribution in [0.25, 0.3) is 0 Å². The summed E-state index contributed by atoms with van der Waals surface area (Å²) >= 11 is 0. The average molecular weight is 382 g/mol. The van der Waals surface area contributed by atoms with Gasteiger partial charge in [-0.15, -0.1) is 0 Å². The molecule has 0 spiro atoms. The smallest absolute Gasteiger partial charge is 0.257 e. The summed E-state index contributed by atoms with van der Waals surface area (Å²) in [6, 6.07) is 14.4. The molecule has 0 unspecified atom stereocenters. The molecule has 28 heavy (non-hydrogen) atoms. The van der Waals surface area contributed by atoms with E-state index in [1.54, 1.807) is 11.0 Å². The third kappa shape index (κ3) is 4.27. The van der Waals surface area contributed by atoms with E-state index in [-0.39, 0.29) is 35.6 Å². The van der Waals surface area contributed by atoms with Gasteiger partial charge in [-0.1, -0.05) is 37.3 Å². The van der Waals surface area contributed by atoms with Crippen molar-refractivity contribution in [3.63, 3.8) is 0 Å². The van der Waals surface area contributed by atoms with Crippen molar-refractivity contribution in [3.8, 4) is 11.5 Å². The Bertz CT molecular complexity index is 838. The fourth-order valence-corrected chi connectivity index (χ4v) is 3.54. The number of hydrogen-bond acceptors (Lipinski definition) is 4. The predicted molar refractivity (Wildman–Crippen MR) is 106 cm³/mol. The number of phenols is 1. The molecule has 1 saturated heterocycles. The first-order chi connectivity index (χ1) is 13.5. The van der Waals surface area contributed by atoms with Gasteiger partial charge in [-0.2, -0.15) is 0 Å². The monoisotopic (exact) mass is 382 g/mol. The molecule has 1 atom stereocenters. The van der Waals surface area contributed by atoms with Crippen LogP contribution < -0.4 is 4.74 Å². The highest BCUT2D eigenvalue weighted by molar-refractivity contribution is 5.97. The second-order valence-electron chi connectivity index (χ2n) is 6.95. The summed E-state index contributed by atoms with van der Waals surface area (Å²) in [7, 11) is 1.51. The van der Waals surface area contributed by atoms with E-state index in [0.717, 1.165) is 12.0 Å². The van der Waals surface area contributed by atoms with Gasteiger partial charge in [-0.25, -0.2) is 0 Å². The topological polar surface area (TPSA) is 70.1 Å². The van der Waals surface area contributed by atoms with Crippen LogP contribution in [0.15, 0.2) is 48.5 Å². The van der Waals surface area contributed by atoms with Crippen molar-refractivity contribution in [2.24, 2.45) is 0 Å². The molecular formula is C22H26N2O4. The number of amides is 2. The van der Waals surface area contributed by atoms with Crippen LogP contribution in [-0.4, -0.2) is 53.0 Å². The number of aromatic hydroxyl groups is 1. The molecule has 2 aromatic rings. The highest BCUT2D eigenvalue weighted by atomic mass is 16.5. The summed E-state index contributed by atoms with van der Waals surface area (Å²) in [4.78, 5) is 29.4. The van der Waals surface area contributed by atoms with E-state index >= 15 is 0 Å². The largest absolute Gasteiger partial charge is 0.507 e. The Labute approximate surface area is 165 Å². The summed E-state index contributed by atoms with van der Waals surface area (Å²) in [5.41, 5.74) is 1.26. The van der Waals surface area contributed by atoms with Gasteiger partial charge in [0.2, 0.25) is 5.91 Å². The SMILES string of the molecule is CC[C@@H]1CN(C(=O)c2cc(OC)ccc2O)CCC(=O)N1Cc1ccccc1. The third-order valence-corrected chi connectivity index (χ3v) is 5.18. The number of hydrogen-bond donors (Lipinski definition) is 1. The van der Waals surface area contributed by atoms with Crippen LogP contribution in [0.2, 0.25) is 0 Å². The number of benzene rings is 2. The van der Waals surface area contributed by atoms with E-state index in [0.29, 0.717) is 25.4 Å². The fraction of sp³-hybridized carbons (Fsp3) is 0.364. The second-order valence-corrected chi connectivity index (χ2v) is 6.95. The summed E-state index contributed by atoms with van der Waals surface area (Å²) in [6.07, 6.45) is 1.01. The van der Waals surface area contributed by atoms with Gasteiger partial charge in [-0.3, -0.25) is 9.59 Å². The zero-order valence-electron chi connectivity index (χ0n) is 16.3. The van der Waals surface area contributed by atoms with Gasteiger partial charge in [-0.05, 0) is 30.2 Å². The van der Waals surface area contributed by atoms with Crippen molar-refractivity contribution in [1.29, 1.82) is 0 Å². The van der Waals surface area contributed by atoms with Crippen LogP contribution in [0.4, 0.5) is 0 Å². The molecule has 3 rings (SSSR count). The summed E-state index contributed by atoms with van der Waals surface area (Å²) < 4.78 is 5.17. The number of carbonyl (C=O) groups is 2. The number of nitrogens with zero attached hydrogens (tertiary/aromatic N) is 2. The minimum absolute atomic E-state index is 0.0425. The van der Waals surface area contributed by atoms with E-state index in [1.165, 1.54) is 19.2 Å². The van der Waals surface area contributed by atoms with Gasteiger partial charge in [0.1, 0.15) is 11.5 Å². The van der Waals surface area contributed by atoms with E-state index < -0.39 is 0 Å². The molecule has 0 aromatic heterocycles. The molecule has 0 aliphatic carbocycles. The van der Waals surface area contributed by atoms with E-state index in [4.69, 9.17) is 4.74 Å². The molecule has 148 valence electrons. The first-order valence-electron chi connectivity index (χ1n) is 9.53. The predicted octanol–water partition coefficient (Wildman–Crippen LogP) is 3.05. The highest BCUT2D eigenvalue weighted by Gasteiger charge is 2.31. The highest BCUT2D eigenvalue weighted by Crippen LogP contribution is 2.26. The third-order valence-electron chi connectivity index (χ3n) is 5.18. The zero-order chi connectivity index (χ0) is 20.1. The lowest BCUT2D eigenvalue weighted by atomic mass is 10.1. The molecule has 1 aliphatic heterocycles. The van der Waals surface area contributed by atoms with Gasteiger partial charge in [0.15, 0.2) is 0 Å². The molecule has 1 N–H and O–H groups in total. The van der Waals surface area contributed by atoms with Crippen LogP contribution >= 0.6 is 0 Å². The van der Waals surface area contributed by atoms with Gasteiger partial charge < -0.3 is 19.6 Å². The Morgan fingerprint density at radius 3 is 2.64 bits per heavy atom. The Balaban J connectivity index is 1.82. The molecule has 2 aromatic carbocycles. The summed E-state index contributed by atoms with van der Waals surface area (Å²) in [5.74, 6) is 0.172. The number of methoxy groups -OCH3 is 1. The molecule has 1 aliphatic rings. The molecule has 1 fully saturated rings. The van der Waals surface area contributed by atoms with Crippen LogP contribution in [-0.2, 0) is 11.3 Å². The van der Waals surface area contributed by atoms with Crippen molar-refractivity contribution < 1.29 is 19.4 Å². The van der Waals surface area contributed by atoms with Crippen molar-refractivity contribution in [2.45, 2.75) is 32.4 Å². The normalized spacial score (nSPS) is 17.4. The molecule has 0 radical (unpaired) electrons. The maximum atomic E-state index is 13.1. The fourth-order valence-electron chi connectivity index (χ4n) is 3.54. The number of ether oxygens (including phenoxy) is 1. The summed E-state index contributed by atoms with van der Waals surface area (Å²) in [5, 5.41) is 10.1. The second kappa shape index (κ2) is 8.78. The molecule has 6 nitrogen and oxygen atoms in total.